The molecule has 0 saturated carbocycles. The molecule has 0 saturated heterocycles. The predicted molar refractivity (Wildman–Crippen MR) is 72.3 cm³/mol. The first-order valence-corrected chi connectivity index (χ1v) is 6.01. The Balaban J connectivity index is 2.56. The van der Waals surface area contributed by atoms with Crippen molar-refractivity contribution in [2.45, 2.75) is 27.7 Å². The lowest BCUT2D eigenvalue weighted by atomic mass is 10.2. The van der Waals surface area contributed by atoms with Crippen LogP contribution < -0.4 is 16.4 Å². The Morgan fingerprint density at radius 2 is 2.00 bits per heavy atom. The van der Waals surface area contributed by atoms with Crippen LogP contribution in [0, 0.1) is 19.8 Å². The van der Waals surface area contributed by atoms with Gasteiger partial charge in [0.25, 0.3) is 0 Å². The Labute approximate surface area is 107 Å². The highest BCUT2D eigenvalue weighted by atomic mass is 16.1. The number of hydrogen-bond acceptors (Lipinski definition) is 5. The van der Waals surface area contributed by atoms with Crippen LogP contribution in [-0.2, 0) is 4.79 Å². The highest BCUT2D eigenvalue weighted by Gasteiger charge is 2.08. The van der Waals surface area contributed by atoms with E-state index in [1.807, 2.05) is 20.8 Å². The van der Waals surface area contributed by atoms with Crippen molar-refractivity contribution in [3.63, 3.8) is 0 Å². The lowest BCUT2D eigenvalue weighted by molar-refractivity contribution is -0.119. The summed E-state index contributed by atoms with van der Waals surface area (Å²) in [6, 6.07) is 0. The van der Waals surface area contributed by atoms with E-state index in [1.165, 1.54) is 0 Å². The molecule has 1 amide bonds. The molecule has 0 bridgehead atoms. The van der Waals surface area contributed by atoms with Gasteiger partial charge in [-0.05, 0) is 19.8 Å². The van der Waals surface area contributed by atoms with Crippen LogP contribution in [0.4, 0.5) is 11.6 Å². The molecular formula is C12H21N5O. The third-order valence-corrected chi connectivity index (χ3v) is 2.42. The van der Waals surface area contributed by atoms with Crippen LogP contribution in [0.2, 0.25) is 0 Å². The molecule has 18 heavy (non-hydrogen) atoms. The molecule has 6 nitrogen and oxygen atoms in total. The molecular weight excluding hydrogens is 230 g/mol. The minimum Gasteiger partial charge on any atom is -0.383 e. The van der Waals surface area contributed by atoms with E-state index in [2.05, 4.69) is 20.6 Å². The SMILES string of the molecule is Cc1nc(N)c(C)c(NCC(=O)NCC(C)C)n1. The fourth-order valence-corrected chi connectivity index (χ4v) is 1.37. The number of aryl methyl sites for hydroxylation is 1. The van der Waals surface area contributed by atoms with Gasteiger partial charge in [-0.1, -0.05) is 13.8 Å². The zero-order valence-corrected chi connectivity index (χ0v) is 11.4. The summed E-state index contributed by atoms with van der Waals surface area (Å²) in [4.78, 5) is 19.8. The molecule has 0 aliphatic carbocycles. The first-order chi connectivity index (χ1) is 8.40. The summed E-state index contributed by atoms with van der Waals surface area (Å²) >= 11 is 0. The van der Waals surface area contributed by atoms with Gasteiger partial charge < -0.3 is 16.4 Å². The first-order valence-electron chi connectivity index (χ1n) is 6.01. The number of nitrogens with one attached hydrogen (secondary N) is 2. The van der Waals surface area contributed by atoms with Crippen LogP contribution in [0.1, 0.15) is 25.2 Å². The van der Waals surface area contributed by atoms with Gasteiger partial charge in [-0.15, -0.1) is 0 Å². The number of nitrogen functional groups attached to an aromatic ring is 1. The number of nitrogens with zero attached hydrogens (tertiary/aromatic N) is 2. The van der Waals surface area contributed by atoms with Crippen molar-refractivity contribution in [2.24, 2.45) is 5.92 Å². The van der Waals surface area contributed by atoms with Gasteiger partial charge in [0, 0.05) is 12.1 Å². The fraction of sp³-hybridized carbons (Fsp3) is 0.583. The Kier molecular flexibility index (Phi) is 4.88. The van der Waals surface area contributed by atoms with Crippen LogP contribution in [0.15, 0.2) is 0 Å². The summed E-state index contributed by atoms with van der Waals surface area (Å²) in [6.45, 7) is 8.54. The van der Waals surface area contributed by atoms with Crippen molar-refractivity contribution in [3.8, 4) is 0 Å². The van der Waals surface area contributed by atoms with E-state index >= 15 is 0 Å². The Morgan fingerprint density at radius 3 is 2.61 bits per heavy atom. The number of carbonyl (C=O) groups excluding carboxylic acids is 1. The van der Waals surface area contributed by atoms with E-state index in [1.54, 1.807) is 6.92 Å². The summed E-state index contributed by atoms with van der Waals surface area (Å²) in [5, 5.41) is 5.80. The number of anilines is 2. The maximum Gasteiger partial charge on any atom is 0.239 e. The topological polar surface area (TPSA) is 92.9 Å². The summed E-state index contributed by atoms with van der Waals surface area (Å²) in [5.41, 5.74) is 6.50. The zero-order chi connectivity index (χ0) is 13.7. The van der Waals surface area contributed by atoms with Crippen molar-refractivity contribution < 1.29 is 4.79 Å². The largest absolute Gasteiger partial charge is 0.383 e. The van der Waals surface area contributed by atoms with E-state index in [0.29, 0.717) is 29.9 Å². The molecule has 1 rings (SSSR count). The third-order valence-electron chi connectivity index (χ3n) is 2.42. The summed E-state index contributed by atoms with van der Waals surface area (Å²) < 4.78 is 0. The maximum absolute atomic E-state index is 11.6. The van der Waals surface area contributed by atoms with E-state index in [9.17, 15) is 4.79 Å². The number of amides is 1. The van der Waals surface area contributed by atoms with Gasteiger partial charge >= 0.3 is 0 Å². The van der Waals surface area contributed by atoms with Crippen LogP contribution in [0.25, 0.3) is 0 Å². The second-order valence-corrected chi connectivity index (χ2v) is 4.68. The number of nitrogens with two attached hydrogens (primary N) is 1. The molecule has 0 aliphatic heterocycles. The van der Waals surface area contributed by atoms with E-state index in [0.717, 1.165) is 5.56 Å². The zero-order valence-electron chi connectivity index (χ0n) is 11.4. The third kappa shape index (κ3) is 4.20. The van der Waals surface area contributed by atoms with Crippen LogP contribution in [0.3, 0.4) is 0 Å². The molecule has 100 valence electrons. The molecule has 0 unspecified atom stereocenters. The van der Waals surface area contributed by atoms with E-state index < -0.39 is 0 Å². The predicted octanol–water partition coefficient (Wildman–Crippen LogP) is 0.860. The van der Waals surface area contributed by atoms with Crippen molar-refractivity contribution in [1.82, 2.24) is 15.3 Å². The number of aromatic nitrogens is 2. The lowest BCUT2D eigenvalue weighted by Crippen LogP contribution is -2.32. The Morgan fingerprint density at radius 1 is 1.33 bits per heavy atom. The monoisotopic (exact) mass is 251 g/mol. The highest BCUT2D eigenvalue weighted by molar-refractivity contribution is 5.80. The van der Waals surface area contributed by atoms with Crippen molar-refractivity contribution in [3.05, 3.63) is 11.4 Å². The van der Waals surface area contributed by atoms with Crippen molar-refractivity contribution >= 4 is 17.5 Å². The van der Waals surface area contributed by atoms with E-state index in [4.69, 9.17) is 5.73 Å². The van der Waals surface area contributed by atoms with Gasteiger partial charge in [0.2, 0.25) is 5.91 Å². The second-order valence-electron chi connectivity index (χ2n) is 4.68. The quantitative estimate of drug-likeness (QED) is 0.721. The number of carbonyl (C=O) groups is 1. The minimum atomic E-state index is -0.0575. The lowest BCUT2D eigenvalue weighted by Gasteiger charge is -2.11. The molecule has 0 aliphatic rings. The molecule has 6 heteroatoms. The second kappa shape index (κ2) is 6.18. The highest BCUT2D eigenvalue weighted by Crippen LogP contribution is 2.16. The molecule has 4 N–H and O–H groups in total. The normalized spacial score (nSPS) is 10.5. The van der Waals surface area contributed by atoms with Gasteiger partial charge in [0.1, 0.15) is 17.5 Å². The van der Waals surface area contributed by atoms with Crippen LogP contribution >= 0.6 is 0 Å². The first kappa shape index (κ1) is 14.2. The molecule has 1 heterocycles. The average Bonchev–Trinajstić information content (AvgIpc) is 2.29. The van der Waals surface area contributed by atoms with Crippen molar-refractivity contribution in [2.75, 3.05) is 24.1 Å². The molecule has 0 spiro atoms. The Hall–Kier alpha value is -1.85. The number of rotatable bonds is 5. The van der Waals surface area contributed by atoms with Gasteiger partial charge in [0.15, 0.2) is 0 Å². The van der Waals surface area contributed by atoms with Gasteiger partial charge in [-0.25, -0.2) is 9.97 Å². The average molecular weight is 251 g/mol. The number of hydrogen-bond donors (Lipinski definition) is 3. The molecule has 0 radical (unpaired) electrons. The molecule has 0 fully saturated rings. The van der Waals surface area contributed by atoms with Crippen LogP contribution in [0.5, 0.6) is 0 Å². The van der Waals surface area contributed by atoms with Gasteiger partial charge in [0.05, 0.1) is 6.54 Å². The smallest absolute Gasteiger partial charge is 0.239 e. The summed E-state index contributed by atoms with van der Waals surface area (Å²) in [7, 11) is 0. The van der Waals surface area contributed by atoms with Crippen molar-refractivity contribution in [1.29, 1.82) is 0 Å². The van der Waals surface area contributed by atoms with Crippen LogP contribution in [-0.4, -0.2) is 29.0 Å². The fourth-order valence-electron chi connectivity index (χ4n) is 1.37. The van der Waals surface area contributed by atoms with Gasteiger partial charge in [-0.3, -0.25) is 4.79 Å². The Bertz CT molecular complexity index is 431. The maximum atomic E-state index is 11.6. The van der Waals surface area contributed by atoms with Gasteiger partial charge in [-0.2, -0.15) is 0 Å². The molecule has 0 atom stereocenters. The molecule has 1 aromatic heterocycles. The van der Waals surface area contributed by atoms with E-state index in [-0.39, 0.29) is 12.5 Å². The summed E-state index contributed by atoms with van der Waals surface area (Å²) in [5.74, 6) is 2.01. The minimum absolute atomic E-state index is 0.0575. The molecule has 0 aromatic carbocycles. The standard InChI is InChI=1S/C12H21N5O/c1-7(2)5-14-10(18)6-15-12-8(3)11(13)16-9(4)17-12/h7H,5-6H2,1-4H3,(H,14,18)(H3,13,15,16,17). The summed E-state index contributed by atoms with van der Waals surface area (Å²) in [6.07, 6.45) is 0. The molecule has 1 aromatic rings.